The van der Waals surface area contributed by atoms with E-state index in [2.05, 4.69) is 15.3 Å². The summed E-state index contributed by atoms with van der Waals surface area (Å²) in [6.07, 6.45) is 6.88. The van der Waals surface area contributed by atoms with Gasteiger partial charge in [0.1, 0.15) is 29.8 Å². The lowest BCUT2D eigenvalue weighted by molar-refractivity contribution is -0.159. The highest BCUT2D eigenvalue weighted by molar-refractivity contribution is 5.95. The van der Waals surface area contributed by atoms with Crippen LogP contribution in [-0.2, 0) is 20.7 Å². The molecule has 1 fully saturated rings. The van der Waals surface area contributed by atoms with Gasteiger partial charge < -0.3 is 30.2 Å². The summed E-state index contributed by atoms with van der Waals surface area (Å²) >= 11 is 0. The lowest BCUT2D eigenvalue weighted by Gasteiger charge is -2.30. The molecule has 0 spiro atoms. The smallest absolute Gasteiger partial charge is 0.329 e. The van der Waals surface area contributed by atoms with Gasteiger partial charge in [-0.1, -0.05) is 43.7 Å². The van der Waals surface area contributed by atoms with Crippen molar-refractivity contribution in [3.8, 4) is 0 Å². The number of carbonyl (C=O) groups is 3. The average molecular weight is 547 g/mol. The predicted octanol–water partition coefficient (Wildman–Crippen LogP) is 2.01. The molecule has 1 aromatic rings. The third-order valence-electron chi connectivity index (χ3n) is 6.96. The van der Waals surface area contributed by atoms with Gasteiger partial charge in [0.05, 0.1) is 12.3 Å². The summed E-state index contributed by atoms with van der Waals surface area (Å²) in [5.74, 6) is -1.90. The number of carbonyl (C=O) groups excluding carboxylic acids is 3. The van der Waals surface area contributed by atoms with Gasteiger partial charge in [-0.15, -0.1) is 0 Å². The molecule has 0 saturated carbocycles. The summed E-state index contributed by atoms with van der Waals surface area (Å²) < 4.78 is 20.5. The van der Waals surface area contributed by atoms with Crippen LogP contribution in [0.3, 0.4) is 0 Å². The number of allylic oxidation sites excluding steroid dienone is 2. The fraction of sp³-hybridized carbons (Fsp3) is 0.571. The molecule has 39 heavy (non-hydrogen) atoms. The van der Waals surface area contributed by atoms with E-state index in [-0.39, 0.29) is 49.3 Å². The second-order valence-corrected chi connectivity index (χ2v) is 10.3. The van der Waals surface area contributed by atoms with Crippen LogP contribution >= 0.6 is 0 Å². The molecule has 2 aliphatic rings. The molecule has 3 heterocycles. The Bertz CT molecular complexity index is 1100. The lowest BCUT2D eigenvalue weighted by Crippen LogP contribution is -2.44. The number of rotatable bonds is 2. The van der Waals surface area contributed by atoms with E-state index in [0.29, 0.717) is 25.0 Å². The van der Waals surface area contributed by atoms with E-state index in [1.54, 1.807) is 39.0 Å². The maximum atomic E-state index is 14.7. The van der Waals surface area contributed by atoms with Crippen molar-refractivity contribution in [3.05, 3.63) is 53.7 Å². The molecule has 4 N–H and O–H groups in total. The van der Waals surface area contributed by atoms with Gasteiger partial charge in [-0.3, -0.25) is 9.59 Å². The fourth-order valence-corrected chi connectivity index (χ4v) is 4.84. The minimum atomic E-state index is -1.41. The number of aromatic amines is 1. The number of alkyl halides is 1. The monoisotopic (exact) mass is 546 g/mol. The normalized spacial score (nSPS) is 29.7. The van der Waals surface area contributed by atoms with Crippen LogP contribution < -0.4 is 5.32 Å². The fourth-order valence-electron chi connectivity index (χ4n) is 4.84. The van der Waals surface area contributed by atoms with Crippen LogP contribution in [0.2, 0.25) is 0 Å². The molecular formula is C28H39FN4O6. The molecule has 2 amide bonds. The topological polar surface area (TPSA) is 145 Å². The van der Waals surface area contributed by atoms with Gasteiger partial charge in [0, 0.05) is 44.4 Å². The Hall–Kier alpha value is -3.31. The first-order valence-corrected chi connectivity index (χ1v) is 13.4. The van der Waals surface area contributed by atoms with Crippen molar-refractivity contribution in [2.24, 2.45) is 11.8 Å². The number of aromatic nitrogens is 2. The standard InChI is InChI=1S/C28H39FN4O6/c1-17-6-4-10-30-25(36)9-8-18(2)26(19(3)16-34)39-28(38)23-7-5-11-33(23)27(37)22-15-31-24(32-22)14-20(29)13-21(35)12-17/h4,6,8-9,12,15,18-21,23,26,34-35H,5,7,10-11,13-14,16H2,1-3H3,(H,30,36)(H,31,32)/b6-4?,9-8+,17-12?. The van der Waals surface area contributed by atoms with E-state index in [9.17, 15) is 29.0 Å². The van der Waals surface area contributed by atoms with Crippen LogP contribution in [0.1, 0.15) is 56.3 Å². The van der Waals surface area contributed by atoms with Crippen molar-refractivity contribution in [3.63, 3.8) is 0 Å². The average Bonchev–Trinajstić information content (AvgIpc) is 3.57. The number of fused-ring (bicyclic) bond motifs is 3. The van der Waals surface area contributed by atoms with Gasteiger partial charge in [0.2, 0.25) is 5.91 Å². The third-order valence-corrected chi connectivity index (χ3v) is 6.96. The number of cyclic esters (lactones) is 1. The highest BCUT2D eigenvalue weighted by Crippen LogP contribution is 2.25. The highest BCUT2D eigenvalue weighted by Gasteiger charge is 2.38. The zero-order chi connectivity index (χ0) is 28.5. The number of imidazole rings is 1. The molecule has 10 nitrogen and oxygen atoms in total. The van der Waals surface area contributed by atoms with E-state index in [4.69, 9.17) is 4.74 Å². The molecular weight excluding hydrogens is 507 g/mol. The Morgan fingerprint density at radius 2 is 2.05 bits per heavy atom. The van der Waals surface area contributed by atoms with Gasteiger partial charge >= 0.3 is 5.97 Å². The van der Waals surface area contributed by atoms with E-state index in [1.165, 1.54) is 23.2 Å². The summed E-state index contributed by atoms with van der Waals surface area (Å²) in [6, 6.07) is -0.815. The van der Waals surface area contributed by atoms with Crippen molar-refractivity contribution in [1.29, 1.82) is 0 Å². The first-order valence-electron chi connectivity index (χ1n) is 13.4. The van der Waals surface area contributed by atoms with Gasteiger partial charge in [0.25, 0.3) is 5.91 Å². The number of ether oxygens (including phenoxy) is 1. The molecule has 0 aliphatic carbocycles. The number of amides is 2. The Balaban J connectivity index is 1.86. The number of H-pyrrole nitrogens is 1. The molecule has 11 heteroatoms. The quantitative estimate of drug-likeness (QED) is 0.415. The first kappa shape index (κ1) is 30.2. The second kappa shape index (κ2) is 14.2. The van der Waals surface area contributed by atoms with E-state index >= 15 is 0 Å². The summed E-state index contributed by atoms with van der Waals surface area (Å²) in [4.78, 5) is 47.1. The maximum Gasteiger partial charge on any atom is 0.329 e. The Morgan fingerprint density at radius 3 is 2.79 bits per heavy atom. The van der Waals surface area contributed by atoms with Gasteiger partial charge in [-0.25, -0.2) is 14.2 Å². The molecule has 1 aromatic heterocycles. The molecule has 1 saturated heterocycles. The predicted molar refractivity (Wildman–Crippen MR) is 142 cm³/mol. The zero-order valence-corrected chi connectivity index (χ0v) is 22.7. The number of hydrogen-bond acceptors (Lipinski definition) is 7. The number of esters is 1. The van der Waals surface area contributed by atoms with Crippen molar-refractivity contribution < 1.29 is 33.7 Å². The van der Waals surface area contributed by atoms with Crippen LogP contribution in [0, 0.1) is 11.8 Å². The van der Waals surface area contributed by atoms with Crippen LogP contribution in [-0.4, -0.2) is 87.0 Å². The van der Waals surface area contributed by atoms with Gasteiger partial charge in [-0.05, 0) is 25.8 Å². The van der Waals surface area contributed by atoms with E-state index < -0.39 is 42.2 Å². The van der Waals surface area contributed by atoms with Crippen molar-refractivity contribution in [1.82, 2.24) is 20.2 Å². The molecule has 2 aliphatic heterocycles. The lowest BCUT2D eigenvalue weighted by atomic mass is 9.93. The van der Waals surface area contributed by atoms with E-state index in [1.807, 2.05) is 0 Å². The third kappa shape index (κ3) is 8.59. The number of halogens is 1. The molecule has 0 radical (unpaired) electrons. The number of aliphatic hydroxyl groups excluding tert-OH is 2. The second-order valence-electron chi connectivity index (χ2n) is 10.3. The van der Waals surface area contributed by atoms with Crippen molar-refractivity contribution in [2.45, 2.75) is 70.9 Å². The largest absolute Gasteiger partial charge is 0.460 e. The van der Waals surface area contributed by atoms with Crippen LogP contribution in [0.25, 0.3) is 0 Å². The minimum Gasteiger partial charge on any atom is -0.460 e. The van der Waals surface area contributed by atoms with Crippen molar-refractivity contribution >= 4 is 17.8 Å². The molecule has 214 valence electrons. The number of aliphatic hydroxyl groups is 2. The number of hydrogen-bond donors (Lipinski definition) is 4. The zero-order valence-electron chi connectivity index (χ0n) is 22.7. The summed E-state index contributed by atoms with van der Waals surface area (Å²) in [7, 11) is 0. The van der Waals surface area contributed by atoms with E-state index in [0.717, 1.165) is 0 Å². The summed E-state index contributed by atoms with van der Waals surface area (Å²) in [6.45, 7) is 5.65. The van der Waals surface area contributed by atoms with Gasteiger partial charge in [0.15, 0.2) is 0 Å². The first-order chi connectivity index (χ1) is 18.6. The Morgan fingerprint density at radius 1 is 1.28 bits per heavy atom. The molecule has 2 bridgehead atoms. The summed E-state index contributed by atoms with van der Waals surface area (Å²) in [5, 5.41) is 22.7. The Kier molecular flexibility index (Phi) is 11.0. The molecule has 3 rings (SSSR count). The van der Waals surface area contributed by atoms with Crippen LogP contribution in [0.4, 0.5) is 4.39 Å². The van der Waals surface area contributed by atoms with Gasteiger partial charge in [-0.2, -0.15) is 0 Å². The van der Waals surface area contributed by atoms with Crippen LogP contribution in [0.5, 0.6) is 0 Å². The minimum absolute atomic E-state index is 0.115. The molecule has 6 unspecified atom stereocenters. The summed E-state index contributed by atoms with van der Waals surface area (Å²) in [5.41, 5.74) is 0.847. The van der Waals surface area contributed by atoms with Crippen molar-refractivity contribution in [2.75, 3.05) is 19.7 Å². The molecule has 0 aromatic carbocycles. The maximum absolute atomic E-state index is 14.7. The Labute approximate surface area is 228 Å². The SMILES string of the molecule is CC1=CC(O)CC(F)Cc2ncc([nH]2)C(=O)N2CCCC2C(=O)OC(C(C)CO)C(C)/C=C/C(=O)NCC=C1. The number of nitrogens with one attached hydrogen (secondary N) is 2. The molecule has 6 atom stereocenters. The van der Waals surface area contributed by atoms with Crippen LogP contribution in [0.15, 0.2) is 42.2 Å². The highest BCUT2D eigenvalue weighted by atomic mass is 19.1. The number of nitrogens with zero attached hydrogens (tertiary/aromatic N) is 2.